The Morgan fingerprint density at radius 1 is 1.22 bits per heavy atom. The zero-order chi connectivity index (χ0) is 16.7. The van der Waals surface area contributed by atoms with Crippen molar-refractivity contribution >= 4 is 23.6 Å². The summed E-state index contributed by atoms with van der Waals surface area (Å²) in [6.45, 7) is 6.01. The monoisotopic (exact) mass is 331 g/mol. The number of para-hydroxylation sites is 1. The van der Waals surface area contributed by atoms with E-state index in [1.807, 2.05) is 55.5 Å². The van der Waals surface area contributed by atoms with Gasteiger partial charge in [0.25, 0.3) is 0 Å². The summed E-state index contributed by atoms with van der Waals surface area (Å²) in [5, 5.41) is -0.124. The van der Waals surface area contributed by atoms with Crippen molar-refractivity contribution in [1.29, 1.82) is 0 Å². The molecule has 2 aromatic rings. The number of alkyl halides is 1. The van der Waals surface area contributed by atoms with E-state index in [9.17, 15) is 4.79 Å². The average molecular weight is 332 g/mol. The Morgan fingerprint density at radius 2 is 1.96 bits per heavy atom. The van der Waals surface area contributed by atoms with Gasteiger partial charge in [0, 0.05) is 24.3 Å². The molecule has 0 saturated heterocycles. The van der Waals surface area contributed by atoms with Crippen molar-refractivity contribution in [2.75, 3.05) is 24.6 Å². The first-order valence-electron chi connectivity index (χ1n) is 7.76. The van der Waals surface area contributed by atoms with Crippen molar-refractivity contribution in [3.63, 3.8) is 0 Å². The summed E-state index contributed by atoms with van der Waals surface area (Å²) >= 11 is 6.43. The summed E-state index contributed by atoms with van der Waals surface area (Å²) in [7, 11) is 0. The first-order chi connectivity index (χ1) is 11.1. The number of halogens is 1. The number of carbonyl (C=O) groups is 1. The van der Waals surface area contributed by atoms with E-state index >= 15 is 0 Å². The molecule has 0 aliphatic rings. The first kappa shape index (κ1) is 17.4. The number of ether oxygens (including phenoxy) is 1. The van der Waals surface area contributed by atoms with Crippen molar-refractivity contribution in [2.24, 2.45) is 0 Å². The Balaban J connectivity index is 1.95. The normalized spacial score (nSPS) is 11.8. The molecule has 0 amide bonds. The number of anilines is 1. The highest BCUT2D eigenvalue weighted by molar-refractivity contribution is 6.21. The Labute approximate surface area is 142 Å². The van der Waals surface area contributed by atoms with Crippen LogP contribution < -0.4 is 9.64 Å². The van der Waals surface area contributed by atoms with Crippen LogP contribution in [0.5, 0.6) is 5.75 Å². The van der Waals surface area contributed by atoms with Gasteiger partial charge in [0.05, 0.1) is 5.38 Å². The van der Waals surface area contributed by atoms with Crippen LogP contribution in [0.4, 0.5) is 5.69 Å². The highest BCUT2D eigenvalue weighted by atomic mass is 35.5. The largest absolute Gasteiger partial charge is 0.492 e. The van der Waals surface area contributed by atoms with Crippen LogP contribution in [0.1, 0.15) is 22.8 Å². The second kappa shape index (κ2) is 8.59. The van der Waals surface area contributed by atoms with Crippen molar-refractivity contribution in [3.8, 4) is 5.75 Å². The van der Waals surface area contributed by atoms with Gasteiger partial charge in [-0.2, -0.15) is 0 Å². The summed E-state index contributed by atoms with van der Waals surface area (Å²) in [5.74, 6) is 0.826. The maximum absolute atomic E-state index is 10.9. The minimum Gasteiger partial charge on any atom is -0.492 e. The fourth-order valence-corrected chi connectivity index (χ4v) is 2.63. The van der Waals surface area contributed by atoms with Gasteiger partial charge in [-0.1, -0.05) is 18.2 Å². The third-order valence-corrected chi connectivity index (χ3v) is 3.98. The zero-order valence-electron chi connectivity index (χ0n) is 13.5. The lowest BCUT2D eigenvalue weighted by Gasteiger charge is -2.26. The maximum Gasteiger partial charge on any atom is 0.150 e. The van der Waals surface area contributed by atoms with Gasteiger partial charge in [-0.25, -0.2) is 0 Å². The van der Waals surface area contributed by atoms with Crippen molar-refractivity contribution in [3.05, 3.63) is 59.7 Å². The highest BCUT2D eigenvalue weighted by Gasteiger charge is 2.13. The summed E-state index contributed by atoms with van der Waals surface area (Å²) in [5.41, 5.74) is 2.77. The zero-order valence-corrected chi connectivity index (χ0v) is 14.3. The van der Waals surface area contributed by atoms with Gasteiger partial charge in [0.2, 0.25) is 0 Å². The van der Waals surface area contributed by atoms with Crippen LogP contribution in [0.25, 0.3) is 0 Å². The minimum absolute atomic E-state index is 0.124. The fraction of sp³-hybridized carbons (Fsp3) is 0.316. The van der Waals surface area contributed by atoms with E-state index in [0.717, 1.165) is 35.4 Å². The SMILES string of the molecule is CCN(CC(Cl)COc1ccccc1)c1ccc(C=O)c(C)c1. The summed E-state index contributed by atoms with van der Waals surface area (Å²) in [6, 6.07) is 15.5. The standard InChI is InChI=1S/C19H22ClNO2/c1-3-21(18-10-9-16(13-22)15(2)11-18)12-17(20)14-23-19-7-5-4-6-8-19/h4-11,13,17H,3,12,14H2,1-2H3. The molecule has 4 heteroatoms. The van der Waals surface area contributed by atoms with Gasteiger partial charge in [-0.15, -0.1) is 11.6 Å². The number of nitrogens with zero attached hydrogens (tertiary/aromatic N) is 1. The van der Waals surface area contributed by atoms with Crippen LogP contribution >= 0.6 is 11.6 Å². The fourth-order valence-electron chi connectivity index (χ4n) is 2.40. The molecule has 0 radical (unpaired) electrons. The Bertz CT molecular complexity index is 631. The number of benzene rings is 2. The summed E-state index contributed by atoms with van der Waals surface area (Å²) in [4.78, 5) is 13.1. The van der Waals surface area contributed by atoms with Crippen molar-refractivity contribution in [1.82, 2.24) is 0 Å². The third-order valence-electron chi connectivity index (χ3n) is 3.72. The van der Waals surface area contributed by atoms with E-state index in [0.29, 0.717) is 13.2 Å². The first-order valence-corrected chi connectivity index (χ1v) is 8.20. The van der Waals surface area contributed by atoms with Gasteiger partial charge in [-0.3, -0.25) is 4.79 Å². The van der Waals surface area contributed by atoms with Gasteiger partial charge in [0.15, 0.2) is 0 Å². The molecule has 0 aliphatic heterocycles. The van der Waals surface area contributed by atoms with E-state index in [1.165, 1.54) is 0 Å². The van der Waals surface area contributed by atoms with E-state index in [-0.39, 0.29) is 5.38 Å². The molecular formula is C19H22ClNO2. The number of rotatable bonds is 8. The number of hydrogen-bond donors (Lipinski definition) is 0. The van der Waals surface area contributed by atoms with Crippen molar-refractivity contribution < 1.29 is 9.53 Å². The highest BCUT2D eigenvalue weighted by Crippen LogP contribution is 2.20. The lowest BCUT2D eigenvalue weighted by molar-refractivity contribution is 0.112. The van der Waals surface area contributed by atoms with Gasteiger partial charge >= 0.3 is 0 Å². The molecule has 0 spiro atoms. The molecule has 0 N–H and O–H groups in total. The Hall–Kier alpha value is -2.00. The number of hydrogen-bond acceptors (Lipinski definition) is 3. The van der Waals surface area contributed by atoms with Crippen LogP contribution in [-0.2, 0) is 0 Å². The molecule has 1 atom stereocenters. The van der Waals surface area contributed by atoms with Crippen LogP contribution in [0, 0.1) is 6.92 Å². The third kappa shape index (κ3) is 5.00. The lowest BCUT2D eigenvalue weighted by atomic mass is 10.1. The van der Waals surface area contributed by atoms with E-state index < -0.39 is 0 Å². The Kier molecular flexibility index (Phi) is 6.48. The molecule has 3 nitrogen and oxygen atoms in total. The molecule has 1 unspecified atom stereocenters. The molecule has 0 heterocycles. The molecule has 0 bridgehead atoms. The molecule has 2 rings (SSSR count). The molecular weight excluding hydrogens is 310 g/mol. The minimum atomic E-state index is -0.124. The van der Waals surface area contributed by atoms with Crippen molar-refractivity contribution in [2.45, 2.75) is 19.2 Å². The number of aryl methyl sites for hydroxylation is 1. The quantitative estimate of drug-likeness (QED) is 0.533. The second-order valence-corrected chi connectivity index (χ2v) is 6.04. The molecule has 0 saturated carbocycles. The topological polar surface area (TPSA) is 29.5 Å². The maximum atomic E-state index is 10.9. The second-order valence-electron chi connectivity index (χ2n) is 5.42. The van der Waals surface area contributed by atoms with Crippen LogP contribution in [0.3, 0.4) is 0 Å². The summed E-state index contributed by atoms with van der Waals surface area (Å²) in [6.07, 6.45) is 0.882. The molecule has 122 valence electrons. The van der Waals surface area contributed by atoms with E-state index in [2.05, 4.69) is 11.8 Å². The molecule has 0 aromatic heterocycles. The van der Waals surface area contributed by atoms with E-state index in [4.69, 9.17) is 16.3 Å². The van der Waals surface area contributed by atoms with Crippen LogP contribution in [-0.4, -0.2) is 31.4 Å². The van der Waals surface area contributed by atoms with Gasteiger partial charge in [0.1, 0.15) is 18.6 Å². The van der Waals surface area contributed by atoms with Crippen LogP contribution in [0.2, 0.25) is 0 Å². The molecule has 0 fully saturated rings. The molecule has 2 aromatic carbocycles. The summed E-state index contributed by atoms with van der Waals surface area (Å²) < 4.78 is 5.70. The lowest BCUT2D eigenvalue weighted by Crippen LogP contribution is -2.32. The van der Waals surface area contributed by atoms with Gasteiger partial charge < -0.3 is 9.64 Å². The predicted molar refractivity (Wildman–Crippen MR) is 96.0 cm³/mol. The van der Waals surface area contributed by atoms with Gasteiger partial charge in [-0.05, 0) is 49.7 Å². The predicted octanol–water partition coefficient (Wildman–Crippen LogP) is 4.32. The average Bonchev–Trinajstić information content (AvgIpc) is 2.58. The smallest absolute Gasteiger partial charge is 0.150 e. The molecule has 0 aliphatic carbocycles. The van der Waals surface area contributed by atoms with Crippen LogP contribution in [0.15, 0.2) is 48.5 Å². The Morgan fingerprint density at radius 3 is 2.57 bits per heavy atom. The number of aldehydes is 1. The van der Waals surface area contributed by atoms with E-state index in [1.54, 1.807) is 0 Å². The molecule has 23 heavy (non-hydrogen) atoms. The number of carbonyl (C=O) groups excluding carboxylic acids is 1.